The number of fused-ring (bicyclic) bond motifs is 8. The second-order valence-electron chi connectivity index (χ2n) is 18.9. The molecule has 4 unspecified atom stereocenters. The highest BCUT2D eigenvalue weighted by Gasteiger charge is 2.43. The minimum Gasteiger partial charge on any atom is -0.493 e. The summed E-state index contributed by atoms with van der Waals surface area (Å²) in [5.41, 5.74) is 7.04. The van der Waals surface area contributed by atoms with E-state index in [4.69, 9.17) is 43.1 Å². The maximum absolute atomic E-state index is 14.5. The van der Waals surface area contributed by atoms with Gasteiger partial charge in [0, 0.05) is 73.2 Å². The summed E-state index contributed by atoms with van der Waals surface area (Å²) in [6.45, 7) is 6.70. The molecule has 0 aromatic heterocycles. The zero-order chi connectivity index (χ0) is 51.1. The zero-order valence-electron chi connectivity index (χ0n) is 42.2. The fraction of sp³-hybridized carbons (Fsp3) is 0.411. The number of rotatable bonds is 23. The summed E-state index contributed by atoms with van der Waals surface area (Å²) in [5.74, 6) is 0.829. The van der Waals surface area contributed by atoms with E-state index < -0.39 is 12.0 Å². The molecule has 4 atom stereocenters. The number of para-hydroxylation sites is 2. The predicted octanol–water partition coefficient (Wildman–Crippen LogP) is 9.12. The zero-order valence-corrected chi connectivity index (χ0v) is 43.9. The Morgan fingerprint density at radius 3 is 2.12 bits per heavy atom. The molecule has 73 heavy (non-hydrogen) atoms. The highest BCUT2D eigenvalue weighted by molar-refractivity contribution is 8.76. The molecule has 4 aromatic carbocycles. The van der Waals surface area contributed by atoms with Crippen molar-refractivity contribution in [2.24, 2.45) is 15.9 Å². The average Bonchev–Trinajstić information content (AvgIpc) is 3.89. The van der Waals surface area contributed by atoms with Crippen LogP contribution in [0.3, 0.4) is 0 Å². The third kappa shape index (κ3) is 11.7. The van der Waals surface area contributed by atoms with Crippen LogP contribution in [-0.2, 0) is 59.3 Å². The molecular formula is C56H63N5O10S2. The van der Waals surface area contributed by atoms with Gasteiger partial charge >= 0.3 is 0 Å². The summed E-state index contributed by atoms with van der Waals surface area (Å²) in [4.78, 5) is 58.0. The molecule has 4 aromatic rings. The van der Waals surface area contributed by atoms with E-state index in [1.807, 2.05) is 96.4 Å². The first-order chi connectivity index (χ1) is 35.5. The number of ether oxygens (including phenoxy) is 7. The number of amides is 3. The molecule has 3 amide bonds. The van der Waals surface area contributed by atoms with Crippen molar-refractivity contribution in [2.45, 2.75) is 75.6 Å². The molecule has 0 radical (unpaired) electrons. The van der Waals surface area contributed by atoms with E-state index >= 15 is 0 Å². The maximum atomic E-state index is 14.5. The van der Waals surface area contributed by atoms with E-state index in [1.54, 1.807) is 64.8 Å². The molecule has 0 bridgehead atoms. The van der Waals surface area contributed by atoms with Crippen LogP contribution in [0.25, 0.3) is 0 Å². The van der Waals surface area contributed by atoms with Crippen molar-refractivity contribution < 1.29 is 47.5 Å². The standard InChI is InChI=1S/C56H63N5O10S2/c1-56(2,73-72-6)16-15-53(62)59(17-18-68-21-22-69-20-19-65-3)40-24-36(34-70-51-30-45-43(28-49(51)66-4)54(63)60-41(32-57-45)26-38-11-7-9-13-47(38)60)23-37(25-40)35-71-52-31-46-44(29-50(52)67-5)55(64)61-42(33-58-46)27-39-12-8-10-14-48(39)61/h7-14,23-25,28-33,41-43,45H,15-22,26-27,34-35H2,1-6H3. The molecule has 0 fully saturated rings. The van der Waals surface area contributed by atoms with Crippen LogP contribution in [0.5, 0.6) is 11.5 Å². The van der Waals surface area contributed by atoms with Crippen LogP contribution < -0.4 is 24.2 Å². The highest BCUT2D eigenvalue weighted by Crippen LogP contribution is 2.43. The van der Waals surface area contributed by atoms with Crippen molar-refractivity contribution in [3.8, 4) is 11.5 Å². The van der Waals surface area contributed by atoms with Gasteiger partial charge < -0.3 is 43.0 Å². The van der Waals surface area contributed by atoms with Gasteiger partial charge in [-0.05, 0) is 97.3 Å². The van der Waals surface area contributed by atoms with Crippen molar-refractivity contribution in [2.75, 3.05) is 81.9 Å². The van der Waals surface area contributed by atoms with Gasteiger partial charge in [-0.15, -0.1) is 0 Å². The SMILES string of the molecule is COCCOCCOCCN(C(=O)CCC(C)(C)SSC)c1cc(COC2=CC3N=CC4Cc5ccccc5N4C(=O)C3C=C2OC)cc(COc2cc3c(cc2OC)C(=O)N2c4ccccc4CC2C=N3)c1. The lowest BCUT2D eigenvalue weighted by atomic mass is 9.92. The van der Waals surface area contributed by atoms with Gasteiger partial charge in [-0.3, -0.25) is 29.3 Å². The van der Waals surface area contributed by atoms with Crippen molar-refractivity contribution >= 4 is 74.5 Å². The molecule has 15 nitrogen and oxygen atoms in total. The van der Waals surface area contributed by atoms with Gasteiger partial charge in [-0.2, -0.15) is 0 Å². The quantitative estimate of drug-likeness (QED) is 0.0515. The van der Waals surface area contributed by atoms with Crippen LogP contribution in [-0.4, -0.2) is 120 Å². The number of carbonyl (C=O) groups is 3. The number of aliphatic imine (C=N–C) groups is 2. The van der Waals surface area contributed by atoms with Crippen molar-refractivity contribution in [1.29, 1.82) is 0 Å². The number of benzene rings is 4. The molecule has 4 heterocycles. The van der Waals surface area contributed by atoms with Gasteiger partial charge in [0.05, 0.1) is 82.5 Å². The van der Waals surface area contributed by atoms with Crippen molar-refractivity contribution in [1.82, 2.24) is 0 Å². The van der Waals surface area contributed by atoms with Crippen LogP contribution in [0, 0.1) is 5.92 Å². The lowest BCUT2D eigenvalue weighted by Crippen LogP contribution is -2.42. The largest absolute Gasteiger partial charge is 0.493 e. The minimum atomic E-state index is -0.581. The first kappa shape index (κ1) is 51.8. The van der Waals surface area contributed by atoms with Crippen LogP contribution in [0.15, 0.2) is 113 Å². The number of methoxy groups -OCH3 is 3. The van der Waals surface area contributed by atoms with Crippen LogP contribution >= 0.6 is 21.6 Å². The smallest absolute Gasteiger partial charge is 0.261 e. The van der Waals surface area contributed by atoms with Crippen molar-refractivity contribution in [3.63, 3.8) is 0 Å². The van der Waals surface area contributed by atoms with Crippen LogP contribution in [0.4, 0.5) is 22.7 Å². The fourth-order valence-electron chi connectivity index (χ4n) is 9.90. The molecule has 0 spiro atoms. The monoisotopic (exact) mass is 1030 g/mol. The number of carbonyl (C=O) groups excluding carboxylic acids is 3. The third-order valence-corrected chi connectivity index (χ3v) is 16.2. The Bertz CT molecular complexity index is 2810. The van der Waals surface area contributed by atoms with Crippen LogP contribution in [0.2, 0.25) is 0 Å². The molecule has 0 saturated carbocycles. The Kier molecular flexibility index (Phi) is 16.6. The summed E-state index contributed by atoms with van der Waals surface area (Å²) in [6.07, 6.45) is 11.8. The van der Waals surface area contributed by atoms with E-state index in [1.165, 1.54) is 0 Å². The number of anilines is 3. The minimum absolute atomic E-state index is 0.0435. The summed E-state index contributed by atoms with van der Waals surface area (Å²) in [7, 11) is 8.17. The molecule has 4 aliphatic heterocycles. The average molecular weight is 1030 g/mol. The molecule has 1 aliphatic carbocycles. The second-order valence-corrected chi connectivity index (χ2v) is 22.0. The third-order valence-electron chi connectivity index (χ3n) is 13.5. The van der Waals surface area contributed by atoms with E-state index in [0.717, 1.165) is 33.6 Å². The van der Waals surface area contributed by atoms with E-state index in [2.05, 4.69) is 19.9 Å². The van der Waals surface area contributed by atoms with Crippen molar-refractivity contribution in [3.05, 3.63) is 130 Å². The van der Waals surface area contributed by atoms with Gasteiger partial charge in [0.15, 0.2) is 23.0 Å². The normalized spacial score (nSPS) is 19.4. The number of hydrogen-bond acceptors (Lipinski definition) is 14. The Balaban J connectivity index is 0.999. The lowest BCUT2D eigenvalue weighted by Gasteiger charge is -2.28. The fourth-order valence-corrected chi connectivity index (χ4v) is 12.1. The Labute approximate surface area is 435 Å². The number of hydrogen-bond donors (Lipinski definition) is 0. The molecule has 5 aliphatic rings. The Hall–Kier alpha value is -6.11. The number of nitrogens with zero attached hydrogens (tertiary/aromatic N) is 5. The summed E-state index contributed by atoms with van der Waals surface area (Å²) >= 11 is 0. The van der Waals surface area contributed by atoms with E-state index in [-0.39, 0.29) is 60.9 Å². The first-order valence-corrected chi connectivity index (χ1v) is 27.2. The first-order valence-electron chi connectivity index (χ1n) is 24.6. The molecule has 17 heteroatoms. The van der Waals surface area contributed by atoms with E-state index in [9.17, 15) is 14.4 Å². The lowest BCUT2D eigenvalue weighted by molar-refractivity contribution is -0.121. The topological polar surface area (TPSA) is 150 Å². The predicted molar refractivity (Wildman–Crippen MR) is 288 cm³/mol. The van der Waals surface area contributed by atoms with E-state index in [0.29, 0.717) is 92.1 Å². The molecular weight excluding hydrogens is 967 g/mol. The summed E-state index contributed by atoms with van der Waals surface area (Å²) in [6, 6.07) is 24.4. The molecule has 384 valence electrons. The highest BCUT2D eigenvalue weighted by atomic mass is 33.1. The molecule has 0 saturated heterocycles. The van der Waals surface area contributed by atoms with Gasteiger partial charge in [0.1, 0.15) is 13.2 Å². The van der Waals surface area contributed by atoms with Gasteiger partial charge in [-0.1, -0.05) is 58.0 Å². The summed E-state index contributed by atoms with van der Waals surface area (Å²) in [5, 5.41) is 0. The van der Waals surface area contributed by atoms with Gasteiger partial charge in [0.2, 0.25) is 11.8 Å². The van der Waals surface area contributed by atoms with Gasteiger partial charge in [0.25, 0.3) is 5.91 Å². The molecule has 9 rings (SSSR count). The second kappa shape index (κ2) is 23.4. The molecule has 0 N–H and O–H groups in total. The van der Waals surface area contributed by atoms with Gasteiger partial charge in [-0.25, -0.2) is 0 Å². The Morgan fingerprint density at radius 2 is 1.42 bits per heavy atom. The maximum Gasteiger partial charge on any atom is 0.261 e. The summed E-state index contributed by atoms with van der Waals surface area (Å²) < 4.78 is 41.5. The Morgan fingerprint density at radius 1 is 0.753 bits per heavy atom. The van der Waals surface area contributed by atoms with Crippen LogP contribution in [0.1, 0.15) is 59.3 Å².